The summed E-state index contributed by atoms with van der Waals surface area (Å²) in [4.78, 5) is 23.8. The van der Waals surface area contributed by atoms with Gasteiger partial charge in [0, 0.05) is 18.3 Å². The number of carbonyl (C=O) groups excluding carboxylic acids is 2. The standard InChI is InChI=1S/C17H25N3O2S/c1-12-3-5-14(6-4-12)19-16(21)10-23-11-17(22)20-15-9-18-8-7-13(15)2/h3-6,13,15,18H,7-11H2,1-2H3,(H,19,21)(H,20,22). The molecule has 0 bridgehead atoms. The lowest BCUT2D eigenvalue weighted by atomic mass is 9.95. The van der Waals surface area contributed by atoms with Crippen molar-refractivity contribution in [2.75, 3.05) is 29.9 Å². The first-order chi connectivity index (χ1) is 11.0. The third-order valence-electron chi connectivity index (χ3n) is 3.98. The minimum absolute atomic E-state index is 0.00122. The van der Waals surface area contributed by atoms with Crippen molar-refractivity contribution >= 4 is 29.3 Å². The Bertz CT molecular complexity index is 533. The second kappa shape index (κ2) is 8.93. The van der Waals surface area contributed by atoms with Crippen LogP contribution in [0.15, 0.2) is 24.3 Å². The number of benzene rings is 1. The molecule has 1 aromatic carbocycles. The molecule has 2 atom stereocenters. The minimum atomic E-state index is -0.0839. The molecule has 0 radical (unpaired) electrons. The molecule has 0 aliphatic carbocycles. The number of hydrogen-bond donors (Lipinski definition) is 3. The van der Waals surface area contributed by atoms with Crippen LogP contribution in [0.5, 0.6) is 0 Å². The van der Waals surface area contributed by atoms with Crippen molar-refractivity contribution in [3.05, 3.63) is 29.8 Å². The van der Waals surface area contributed by atoms with Gasteiger partial charge in [-0.1, -0.05) is 24.6 Å². The Hall–Kier alpha value is -1.53. The van der Waals surface area contributed by atoms with Crippen molar-refractivity contribution < 1.29 is 9.59 Å². The molecule has 6 heteroatoms. The summed E-state index contributed by atoms with van der Waals surface area (Å²) in [6.07, 6.45) is 1.08. The van der Waals surface area contributed by atoms with Gasteiger partial charge in [-0.2, -0.15) is 0 Å². The smallest absolute Gasteiger partial charge is 0.234 e. The van der Waals surface area contributed by atoms with Crippen LogP contribution in [0.3, 0.4) is 0 Å². The number of thioether (sulfide) groups is 1. The maximum atomic E-state index is 11.9. The minimum Gasteiger partial charge on any atom is -0.351 e. The fourth-order valence-corrected chi connectivity index (χ4v) is 3.13. The average Bonchev–Trinajstić information content (AvgIpc) is 2.52. The van der Waals surface area contributed by atoms with Crippen molar-refractivity contribution in [3.8, 4) is 0 Å². The van der Waals surface area contributed by atoms with E-state index in [2.05, 4.69) is 22.9 Å². The summed E-state index contributed by atoms with van der Waals surface area (Å²) >= 11 is 1.34. The molecule has 2 amide bonds. The van der Waals surface area contributed by atoms with Crippen molar-refractivity contribution in [1.29, 1.82) is 0 Å². The van der Waals surface area contributed by atoms with Gasteiger partial charge in [0.25, 0.3) is 0 Å². The van der Waals surface area contributed by atoms with Crippen molar-refractivity contribution in [3.63, 3.8) is 0 Å². The van der Waals surface area contributed by atoms with E-state index in [0.717, 1.165) is 30.8 Å². The molecule has 5 nitrogen and oxygen atoms in total. The fourth-order valence-electron chi connectivity index (χ4n) is 2.50. The predicted molar refractivity (Wildman–Crippen MR) is 95.7 cm³/mol. The number of aryl methyl sites for hydroxylation is 1. The molecule has 3 N–H and O–H groups in total. The zero-order valence-electron chi connectivity index (χ0n) is 13.7. The quantitative estimate of drug-likeness (QED) is 0.741. The van der Waals surface area contributed by atoms with Gasteiger partial charge >= 0.3 is 0 Å². The van der Waals surface area contributed by atoms with E-state index in [-0.39, 0.29) is 23.6 Å². The summed E-state index contributed by atoms with van der Waals surface area (Å²) in [5.74, 6) is 0.998. The number of piperidine rings is 1. The van der Waals surface area contributed by atoms with E-state index in [9.17, 15) is 9.59 Å². The Balaban J connectivity index is 1.64. The first-order valence-electron chi connectivity index (χ1n) is 7.99. The van der Waals surface area contributed by atoms with Gasteiger partial charge in [0.15, 0.2) is 0 Å². The zero-order valence-corrected chi connectivity index (χ0v) is 14.5. The number of amides is 2. The molecule has 23 heavy (non-hydrogen) atoms. The van der Waals surface area contributed by atoms with E-state index in [1.54, 1.807) is 0 Å². The first kappa shape index (κ1) is 17.8. The number of carbonyl (C=O) groups is 2. The van der Waals surface area contributed by atoms with Crippen molar-refractivity contribution in [1.82, 2.24) is 10.6 Å². The van der Waals surface area contributed by atoms with Gasteiger partial charge in [-0.05, 0) is 37.9 Å². The highest BCUT2D eigenvalue weighted by Gasteiger charge is 2.22. The zero-order chi connectivity index (χ0) is 16.7. The highest BCUT2D eigenvalue weighted by atomic mass is 32.2. The second-order valence-corrected chi connectivity index (χ2v) is 7.04. The van der Waals surface area contributed by atoms with Gasteiger partial charge < -0.3 is 16.0 Å². The topological polar surface area (TPSA) is 70.2 Å². The van der Waals surface area contributed by atoms with Gasteiger partial charge in [-0.25, -0.2) is 0 Å². The molecule has 0 saturated carbocycles. The van der Waals surface area contributed by atoms with Crippen molar-refractivity contribution in [2.24, 2.45) is 5.92 Å². The normalized spacial score (nSPS) is 20.8. The molecule has 0 spiro atoms. The summed E-state index contributed by atoms with van der Waals surface area (Å²) < 4.78 is 0. The molecule has 1 heterocycles. The summed E-state index contributed by atoms with van der Waals surface area (Å²) in [5.41, 5.74) is 1.94. The van der Waals surface area contributed by atoms with Crippen LogP contribution >= 0.6 is 11.8 Å². The maximum Gasteiger partial charge on any atom is 0.234 e. The summed E-state index contributed by atoms with van der Waals surface area (Å²) in [7, 11) is 0. The van der Waals surface area contributed by atoms with Crippen LogP contribution in [0.4, 0.5) is 5.69 Å². The van der Waals surface area contributed by atoms with Crippen LogP contribution in [0.1, 0.15) is 18.9 Å². The Morgan fingerprint density at radius 1 is 1.22 bits per heavy atom. The first-order valence-corrected chi connectivity index (χ1v) is 9.14. The van der Waals surface area contributed by atoms with E-state index < -0.39 is 0 Å². The molecule has 1 aromatic rings. The summed E-state index contributed by atoms with van der Waals surface area (Å²) in [6, 6.07) is 7.85. The van der Waals surface area contributed by atoms with E-state index in [0.29, 0.717) is 11.7 Å². The molecular formula is C17H25N3O2S. The molecule has 2 unspecified atom stereocenters. The van der Waals surface area contributed by atoms with Crippen LogP contribution in [0.25, 0.3) is 0 Å². The molecule has 1 aliphatic heterocycles. The lowest BCUT2D eigenvalue weighted by molar-refractivity contribution is -0.119. The Labute approximate surface area is 142 Å². The van der Waals surface area contributed by atoms with Crippen molar-refractivity contribution in [2.45, 2.75) is 26.3 Å². The fraction of sp³-hybridized carbons (Fsp3) is 0.529. The van der Waals surface area contributed by atoms with E-state index >= 15 is 0 Å². The second-order valence-electron chi connectivity index (χ2n) is 6.05. The van der Waals surface area contributed by atoms with Gasteiger partial charge in [-0.3, -0.25) is 9.59 Å². The molecule has 2 rings (SSSR count). The van der Waals surface area contributed by atoms with E-state index in [4.69, 9.17) is 0 Å². The molecule has 1 fully saturated rings. The largest absolute Gasteiger partial charge is 0.351 e. The Morgan fingerprint density at radius 2 is 1.91 bits per heavy atom. The molecular weight excluding hydrogens is 310 g/mol. The van der Waals surface area contributed by atoms with Gasteiger partial charge in [0.2, 0.25) is 11.8 Å². The lowest BCUT2D eigenvalue weighted by Crippen LogP contribution is -2.50. The molecule has 1 aliphatic rings. The number of anilines is 1. The molecule has 0 aromatic heterocycles. The van der Waals surface area contributed by atoms with Crippen LogP contribution in [0.2, 0.25) is 0 Å². The monoisotopic (exact) mass is 335 g/mol. The predicted octanol–water partition coefficient (Wildman–Crippen LogP) is 1.78. The molecule has 126 valence electrons. The average molecular weight is 335 g/mol. The lowest BCUT2D eigenvalue weighted by Gasteiger charge is -2.30. The van der Waals surface area contributed by atoms with Crippen LogP contribution in [0, 0.1) is 12.8 Å². The third kappa shape index (κ3) is 6.23. The molecule has 1 saturated heterocycles. The number of hydrogen-bond acceptors (Lipinski definition) is 4. The van der Waals surface area contributed by atoms with Crippen LogP contribution < -0.4 is 16.0 Å². The van der Waals surface area contributed by atoms with Gasteiger partial charge in [0.1, 0.15) is 0 Å². The van der Waals surface area contributed by atoms with Crippen LogP contribution in [-0.4, -0.2) is 42.5 Å². The van der Waals surface area contributed by atoms with Crippen LogP contribution in [-0.2, 0) is 9.59 Å². The Kier molecular flexibility index (Phi) is 6.92. The highest BCUT2D eigenvalue weighted by molar-refractivity contribution is 8.00. The van der Waals surface area contributed by atoms with Gasteiger partial charge in [-0.15, -0.1) is 11.8 Å². The highest BCUT2D eigenvalue weighted by Crippen LogP contribution is 2.12. The van der Waals surface area contributed by atoms with E-state index in [1.807, 2.05) is 31.2 Å². The summed E-state index contributed by atoms with van der Waals surface area (Å²) in [6.45, 7) is 6.00. The number of nitrogens with one attached hydrogen (secondary N) is 3. The van der Waals surface area contributed by atoms with Gasteiger partial charge in [0.05, 0.1) is 11.5 Å². The summed E-state index contributed by atoms with van der Waals surface area (Å²) in [5, 5.41) is 9.16. The van der Waals surface area contributed by atoms with E-state index in [1.165, 1.54) is 11.8 Å². The Morgan fingerprint density at radius 3 is 2.61 bits per heavy atom. The number of rotatable bonds is 6. The third-order valence-corrected chi connectivity index (χ3v) is 4.91. The maximum absolute atomic E-state index is 11.9. The SMILES string of the molecule is Cc1ccc(NC(=O)CSCC(=O)NC2CNCCC2C)cc1.